The number of nitriles is 1. The van der Waals surface area contributed by atoms with Crippen molar-refractivity contribution in [1.82, 2.24) is 0 Å². The van der Waals surface area contributed by atoms with Crippen LogP contribution < -0.4 is 9.64 Å². The van der Waals surface area contributed by atoms with E-state index in [2.05, 4.69) is 0 Å². The Morgan fingerprint density at radius 2 is 2.28 bits per heavy atom. The Bertz CT molecular complexity index is 482. The molecule has 0 N–H and O–H groups in total. The number of rotatable bonds is 4. The molecule has 0 spiro atoms. The van der Waals surface area contributed by atoms with Gasteiger partial charge in [0.25, 0.3) is 0 Å². The molecule has 0 aliphatic rings. The molecular weight excluding hydrogens is 252 g/mol. The van der Waals surface area contributed by atoms with Crippen LogP contribution in [0.2, 0.25) is 5.02 Å². The Labute approximate surface area is 112 Å². The van der Waals surface area contributed by atoms with Crippen LogP contribution in [0.3, 0.4) is 0 Å². The maximum Gasteiger partial charge on any atom is 0.244 e. The molecule has 0 aliphatic carbocycles. The molecule has 0 radical (unpaired) electrons. The molecule has 96 valence electrons. The summed E-state index contributed by atoms with van der Waals surface area (Å²) in [6.07, 6.45) is 0.475. The Morgan fingerprint density at radius 3 is 2.78 bits per heavy atom. The van der Waals surface area contributed by atoms with Gasteiger partial charge < -0.3 is 9.64 Å². The van der Waals surface area contributed by atoms with Gasteiger partial charge in [0.05, 0.1) is 18.9 Å². The van der Waals surface area contributed by atoms with Gasteiger partial charge in [0.2, 0.25) is 5.91 Å². The summed E-state index contributed by atoms with van der Waals surface area (Å²) in [4.78, 5) is 13.5. The van der Waals surface area contributed by atoms with E-state index in [-0.39, 0.29) is 5.91 Å². The lowest BCUT2D eigenvalue weighted by molar-refractivity contribution is -0.120. The van der Waals surface area contributed by atoms with Crippen LogP contribution >= 0.6 is 11.6 Å². The average Bonchev–Trinajstić information content (AvgIpc) is 2.39. The monoisotopic (exact) mass is 266 g/mol. The first-order valence-corrected chi connectivity index (χ1v) is 5.93. The van der Waals surface area contributed by atoms with Crippen LogP contribution in [0.25, 0.3) is 0 Å². The van der Waals surface area contributed by atoms with Crippen LogP contribution in [0.5, 0.6) is 5.75 Å². The number of anilines is 1. The minimum atomic E-state index is -0.654. The summed E-state index contributed by atoms with van der Waals surface area (Å²) in [5, 5.41) is 9.43. The first kappa shape index (κ1) is 14.3. The van der Waals surface area contributed by atoms with Crippen LogP contribution in [-0.2, 0) is 4.79 Å². The van der Waals surface area contributed by atoms with Crippen LogP contribution in [0.1, 0.15) is 13.3 Å². The predicted octanol–water partition coefficient (Wildman–Crippen LogP) is 2.86. The molecule has 0 saturated heterocycles. The van der Waals surface area contributed by atoms with Gasteiger partial charge in [0.1, 0.15) is 11.7 Å². The molecule has 1 atom stereocenters. The zero-order valence-corrected chi connectivity index (χ0v) is 11.4. The number of methoxy groups -OCH3 is 1. The van der Waals surface area contributed by atoms with E-state index in [1.807, 2.05) is 6.07 Å². The van der Waals surface area contributed by atoms with Crippen LogP contribution in [0, 0.1) is 17.2 Å². The summed E-state index contributed by atoms with van der Waals surface area (Å²) in [7, 11) is 3.13. The number of amides is 1. The van der Waals surface area contributed by atoms with Crippen molar-refractivity contribution in [2.75, 3.05) is 19.1 Å². The fourth-order valence-corrected chi connectivity index (χ4v) is 1.77. The average molecular weight is 267 g/mol. The zero-order chi connectivity index (χ0) is 13.7. The number of benzene rings is 1. The lowest BCUT2D eigenvalue weighted by atomic mass is 10.1. The highest BCUT2D eigenvalue weighted by Crippen LogP contribution is 2.31. The summed E-state index contributed by atoms with van der Waals surface area (Å²) in [6, 6.07) is 7.00. The van der Waals surface area contributed by atoms with Crippen LogP contribution in [0.4, 0.5) is 5.69 Å². The van der Waals surface area contributed by atoms with Gasteiger partial charge in [-0.3, -0.25) is 4.79 Å². The van der Waals surface area contributed by atoms with Crippen molar-refractivity contribution in [3.05, 3.63) is 23.2 Å². The molecule has 1 aromatic rings. The number of halogens is 1. The van der Waals surface area contributed by atoms with E-state index in [9.17, 15) is 4.79 Å². The molecule has 0 bridgehead atoms. The Hall–Kier alpha value is -1.73. The highest BCUT2D eigenvalue weighted by Gasteiger charge is 2.23. The largest absolute Gasteiger partial charge is 0.495 e. The van der Waals surface area contributed by atoms with E-state index in [0.717, 1.165) is 0 Å². The number of hydrogen-bond donors (Lipinski definition) is 0. The Morgan fingerprint density at radius 1 is 1.61 bits per heavy atom. The van der Waals surface area contributed by atoms with Gasteiger partial charge in [-0.05, 0) is 24.6 Å². The Kier molecular flexibility index (Phi) is 4.99. The quantitative estimate of drug-likeness (QED) is 0.842. The van der Waals surface area contributed by atoms with Crippen LogP contribution in [-0.4, -0.2) is 20.1 Å². The van der Waals surface area contributed by atoms with E-state index < -0.39 is 5.92 Å². The minimum absolute atomic E-state index is 0.263. The molecule has 0 heterocycles. The smallest absolute Gasteiger partial charge is 0.244 e. The number of nitrogens with zero attached hydrogens (tertiary/aromatic N) is 2. The van der Waals surface area contributed by atoms with Gasteiger partial charge in [0.15, 0.2) is 0 Å². The second-order valence-electron chi connectivity index (χ2n) is 3.80. The zero-order valence-electron chi connectivity index (χ0n) is 10.6. The lowest BCUT2D eigenvalue weighted by Gasteiger charge is -2.22. The maximum absolute atomic E-state index is 12.1. The van der Waals surface area contributed by atoms with E-state index >= 15 is 0 Å². The molecule has 0 saturated carbocycles. The molecule has 18 heavy (non-hydrogen) atoms. The predicted molar refractivity (Wildman–Crippen MR) is 70.8 cm³/mol. The lowest BCUT2D eigenvalue weighted by Crippen LogP contribution is -2.32. The fourth-order valence-electron chi connectivity index (χ4n) is 1.60. The topological polar surface area (TPSA) is 53.3 Å². The first-order valence-electron chi connectivity index (χ1n) is 5.55. The highest BCUT2D eigenvalue weighted by molar-refractivity contribution is 6.31. The Balaban J connectivity index is 3.10. The van der Waals surface area contributed by atoms with Crippen molar-refractivity contribution < 1.29 is 9.53 Å². The maximum atomic E-state index is 12.1. The molecule has 0 aliphatic heterocycles. The molecular formula is C13H15ClN2O2. The van der Waals surface area contributed by atoms with Gasteiger partial charge in [0, 0.05) is 12.1 Å². The second-order valence-corrected chi connectivity index (χ2v) is 4.24. The van der Waals surface area contributed by atoms with Crippen molar-refractivity contribution in [1.29, 1.82) is 5.26 Å². The number of ether oxygens (including phenoxy) is 1. The molecule has 1 rings (SSSR count). The van der Waals surface area contributed by atoms with Crippen molar-refractivity contribution in [3.8, 4) is 11.8 Å². The SMILES string of the molecule is CCC(C#N)C(=O)N(C)c1cc(Cl)ccc1OC. The van der Waals surface area contributed by atoms with Crippen molar-refractivity contribution in [3.63, 3.8) is 0 Å². The van der Waals surface area contributed by atoms with E-state index in [0.29, 0.717) is 22.9 Å². The van der Waals surface area contributed by atoms with Crippen molar-refractivity contribution in [2.24, 2.45) is 5.92 Å². The van der Waals surface area contributed by atoms with Gasteiger partial charge >= 0.3 is 0 Å². The fraction of sp³-hybridized carbons (Fsp3) is 0.385. The second kappa shape index (κ2) is 6.27. The molecule has 1 amide bonds. The minimum Gasteiger partial charge on any atom is -0.495 e. The summed E-state index contributed by atoms with van der Waals surface area (Å²) < 4.78 is 5.18. The van der Waals surface area contributed by atoms with Gasteiger partial charge in [-0.25, -0.2) is 0 Å². The molecule has 0 aromatic heterocycles. The van der Waals surface area contributed by atoms with Gasteiger partial charge in [-0.15, -0.1) is 0 Å². The summed E-state index contributed by atoms with van der Waals surface area (Å²) >= 11 is 5.91. The first-order chi connectivity index (χ1) is 8.54. The summed E-state index contributed by atoms with van der Waals surface area (Å²) in [6.45, 7) is 1.80. The van der Waals surface area contributed by atoms with Crippen molar-refractivity contribution in [2.45, 2.75) is 13.3 Å². The number of carbonyl (C=O) groups is 1. The standard InChI is InChI=1S/C13H15ClN2O2/c1-4-9(8-15)13(17)16(2)11-7-10(14)5-6-12(11)18-3/h5-7,9H,4H2,1-3H3. The summed E-state index contributed by atoms with van der Waals surface area (Å²) in [5.41, 5.74) is 0.559. The van der Waals surface area contributed by atoms with E-state index in [4.69, 9.17) is 21.6 Å². The molecule has 0 fully saturated rings. The third-order valence-corrected chi connectivity index (χ3v) is 2.93. The highest BCUT2D eigenvalue weighted by atomic mass is 35.5. The van der Waals surface area contributed by atoms with Crippen molar-refractivity contribution >= 4 is 23.2 Å². The number of carbonyl (C=O) groups excluding carboxylic acids is 1. The van der Waals surface area contributed by atoms with Gasteiger partial charge in [-0.1, -0.05) is 18.5 Å². The van der Waals surface area contributed by atoms with Crippen LogP contribution in [0.15, 0.2) is 18.2 Å². The van der Waals surface area contributed by atoms with E-state index in [1.54, 1.807) is 32.2 Å². The normalized spacial score (nSPS) is 11.5. The third kappa shape index (κ3) is 2.93. The molecule has 5 heteroatoms. The third-order valence-electron chi connectivity index (χ3n) is 2.70. The van der Waals surface area contributed by atoms with E-state index in [1.165, 1.54) is 12.0 Å². The molecule has 1 aromatic carbocycles. The number of hydrogen-bond acceptors (Lipinski definition) is 3. The van der Waals surface area contributed by atoms with Gasteiger partial charge in [-0.2, -0.15) is 5.26 Å². The summed E-state index contributed by atoms with van der Waals surface area (Å²) in [5.74, 6) is -0.373. The molecule has 1 unspecified atom stereocenters. The molecule has 4 nitrogen and oxygen atoms in total.